The first kappa shape index (κ1) is 17.6. The summed E-state index contributed by atoms with van der Waals surface area (Å²) in [6.07, 6.45) is 4.90. The molecule has 128 valence electrons. The highest BCUT2D eigenvalue weighted by atomic mass is 79.9. The van der Waals surface area contributed by atoms with Gasteiger partial charge >= 0.3 is 0 Å². The van der Waals surface area contributed by atoms with Crippen molar-refractivity contribution < 1.29 is 13.2 Å². The molecule has 5 nitrogen and oxygen atoms in total. The summed E-state index contributed by atoms with van der Waals surface area (Å²) in [7, 11) is -2.14. The van der Waals surface area contributed by atoms with E-state index >= 15 is 0 Å². The molecule has 1 aromatic carbocycles. The molecule has 7 heteroatoms. The minimum Gasteiger partial charge on any atom is -0.495 e. The topological polar surface area (TPSA) is 69.2 Å². The predicted octanol–water partition coefficient (Wildman–Crippen LogP) is 3.89. The van der Waals surface area contributed by atoms with Crippen LogP contribution in [0.25, 0.3) is 11.3 Å². The zero-order valence-electron chi connectivity index (χ0n) is 13.4. The standard InChI is InChI=1S/C18H15BrN2O3S/c1-24-17-6-5-15(19)9-18(17)25(22,23)12-13-8-14(11-20-10-13)16-4-2-3-7-21-16/h2-11H,12H2,1H3. The third-order valence-electron chi connectivity index (χ3n) is 3.57. The maximum atomic E-state index is 12.8. The fourth-order valence-electron chi connectivity index (χ4n) is 2.43. The van der Waals surface area contributed by atoms with Gasteiger partial charge in [0.05, 0.1) is 18.6 Å². The van der Waals surface area contributed by atoms with Crippen LogP contribution in [0.1, 0.15) is 5.56 Å². The van der Waals surface area contributed by atoms with E-state index in [0.29, 0.717) is 15.8 Å². The van der Waals surface area contributed by atoms with Gasteiger partial charge in [-0.3, -0.25) is 9.97 Å². The summed E-state index contributed by atoms with van der Waals surface area (Å²) in [6, 6.07) is 12.2. The number of halogens is 1. The molecule has 0 fully saturated rings. The Labute approximate surface area is 154 Å². The Morgan fingerprint density at radius 2 is 1.96 bits per heavy atom. The molecular formula is C18H15BrN2O3S. The van der Waals surface area contributed by atoms with Gasteiger partial charge in [-0.25, -0.2) is 8.42 Å². The monoisotopic (exact) mass is 418 g/mol. The highest BCUT2D eigenvalue weighted by Gasteiger charge is 2.21. The van der Waals surface area contributed by atoms with Crippen molar-refractivity contribution in [3.8, 4) is 17.0 Å². The Bertz CT molecular complexity index is 992. The Balaban J connectivity index is 1.96. The zero-order valence-corrected chi connectivity index (χ0v) is 15.8. The summed E-state index contributed by atoms with van der Waals surface area (Å²) in [5.74, 6) is 0.144. The first-order valence-corrected chi connectivity index (χ1v) is 9.86. The summed E-state index contributed by atoms with van der Waals surface area (Å²) in [5.41, 5.74) is 2.11. The van der Waals surface area contributed by atoms with Crippen LogP contribution in [-0.2, 0) is 15.6 Å². The van der Waals surface area contributed by atoms with Gasteiger partial charge in [0, 0.05) is 28.6 Å². The molecule has 0 amide bonds. The lowest BCUT2D eigenvalue weighted by Crippen LogP contribution is -2.07. The van der Waals surface area contributed by atoms with Crippen molar-refractivity contribution >= 4 is 25.8 Å². The highest BCUT2D eigenvalue weighted by Crippen LogP contribution is 2.30. The average molecular weight is 419 g/mol. The van der Waals surface area contributed by atoms with Crippen LogP contribution in [0.15, 0.2) is 70.4 Å². The molecule has 2 heterocycles. The SMILES string of the molecule is COc1ccc(Br)cc1S(=O)(=O)Cc1cncc(-c2ccccn2)c1. The number of pyridine rings is 2. The molecule has 0 saturated heterocycles. The molecule has 0 aliphatic rings. The molecule has 0 saturated carbocycles. The Morgan fingerprint density at radius 1 is 1.12 bits per heavy atom. The lowest BCUT2D eigenvalue weighted by atomic mass is 10.1. The highest BCUT2D eigenvalue weighted by molar-refractivity contribution is 9.10. The number of benzene rings is 1. The molecule has 0 aliphatic carbocycles. The largest absolute Gasteiger partial charge is 0.495 e. The van der Waals surface area contributed by atoms with Gasteiger partial charge in [-0.2, -0.15) is 0 Å². The number of hydrogen-bond donors (Lipinski definition) is 0. The van der Waals surface area contributed by atoms with Crippen molar-refractivity contribution in [2.45, 2.75) is 10.6 Å². The van der Waals surface area contributed by atoms with E-state index < -0.39 is 9.84 Å². The van der Waals surface area contributed by atoms with Crippen molar-refractivity contribution in [1.29, 1.82) is 0 Å². The summed E-state index contributed by atoms with van der Waals surface area (Å²) >= 11 is 3.30. The van der Waals surface area contributed by atoms with Gasteiger partial charge in [0.25, 0.3) is 0 Å². The van der Waals surface area contributed by atoms with Crippen molar-refractivity contribution in [3.05, 3.63) is 71.1 Å². The molecule has 25 heavy (non-hydrogen) atoms. The molecule has 0 atom stereocenters. The minimum atomic E-state index is -3.59. The molecule has 2 aromatic heterocycles. The number of hydrogen-bond acceptors (Lipinski definition) is 5. The van der Waals surface area contributed by atoms with E-state index in [2.05, 4.69) is 25.9 Å². The van der Waals surface area contributed by atoms with E-state index in [4.69, 9.17) is 4.74 Å². The number of nitrogens with zero attached hydrogens (tertiary/aromatic N) is 2. The van der Waals surface area contributed by atoms with Gasteiger partial charge in [0.2, 0.25) is 0 Å². The summed E-state index contributed by atoms with van der Waals surface area (Å²) < 4.78 is 31.5. The van der Waals surface area contributed by atoms with Crippen molar-refractivity contribution in [1.82, 2.24) is 9.97 Å². The molecule has 0 N–H and O–H groups in total. The van der Waals surface area contributed by atoms with Gasteiger partial charge in [0.15, 0.2) is 9.84 Å². The normalized spacial score (nSPS) is 11.3. The maximum Gasteiger partial charge on any atom is 0.186 e. The number of ether oxygens (including phenoxy) is 1. The maximum absolute atomic E-state index is 12.8. The molecule has 0 bridgehead atoms. The van der Waals surface area contributed by atoms with Gasteiger partial charge in [0.1, 0.15) is 10.6 Å². The molecule has 0 radical (unpaired) electrons. The van der Waals surface area contributed by atoms with Crippen molar-refractivity contribution in [2.24, 2.45) is 0 Å². The van der Waals surface area contributed by atoms with Crippen LogP contribution in [0.3, 0.4) is 0 Å². The molecule has 0 aliphatic heterocycles. The van der Waals surface area contributed by atoms with Crippen molar-refractivity contribution in [2.75, 3.05) is 7.11 Å². The zero-order chi connectivity index (χ0) is 17.9. The molecule has 0 unspecified atom stereocenters. The summed E-state index contributed by atoms with van der Waals surface area (Å²) in [4.78, 5) is 8.57. The third-order valence-corrected chi connectivity index (χ3v) is 5.77. The van der Waals surface area contributed by atoms with E-state index in [0.717, 1.165) is 11.3 Å². The molecule has 0 spiro atoms. The van der Waals surface area contributed by atoms with Gasteiger partial charge in [-0.05, 0) is 42.0 Å². The van der Waals surface area contributed by atoms with E-state index in [1.165, 1.54) is 7.11 Å². The summed E-state index contributed by atoms with van der Waals surface area (Å²) in [5, 5.41) is 0. The Hall–Kier alpha value is -2.25. The summed E-state index contributed by atoms with van der Waals surface area (Å²) in [6.45, 7) is 0. The average Bonchev–Trinajstić information content (AvgIpc) is 2.62. The van der Waals surface area contributed by atoms with Crippen LogP contribution in [0, 0.1) is 0 Å². The minimum absolute atomic E-state index is 0.146. The van der Waals surface area contributed by atoms with Gasteiger partial charge in [-0.15, -0.1) is 0 Å². The number of rotatable bonds is 5. The van der Waals surface area contributed by atoms with Crippen LogP contribution in [0.5, 0.6) is 5.75 Å². The second-order valence-corrected chi connectivity index (χ2v) is 8.22. The van der Waals surface area contributed by atoms with Crippen molar-refractivity contribution in [3.63, 3.8) is 0 Å². The first-order chi connectivity index (χ1) is 12.0. The number of sulfone groups is 1. The van der Waals surface area contributed by atoms with Crippen LogP contribution >= 0.6 is 15.9 Å². The fraction of sp³-hybridized carbons (Fsp3) is 0.111. The smallest absolute Gasteiger partial charge is 0.186 e. The first-order valence-electron chi connectivity index (χ1n) is 7.41. The molecular weight excluding hydrogens is 404 g/mol. The second-order valence-electron chi connectivity index (χ2n) is 5.35. The lowest BCUT2D eigenvalue weighted by Gasteiger charge is -2.10. The number of aromatic nitrogens is 2. The van der Waals surface area contributed by atoms with Crippen LogP contribution in [0.4, 0.5) is 0 Å². The third kappa shape index (κ3) is 4.05. The van der Waals surface area contributed by atoms with Gasteiger partial charge < -0.3 is 4.74 Å². The Morgan fingerprint density at radius 3 is 2.68 bits per heavy atom. The second kappa shape index (κ2) is 7.33. The predicted molar refractivity (Wildman–Crippen MR) is 99.1 cm³/mol. The number of methoxy groups -OCH3 is 1. The van der Waals surface area contributed by atoms with Crippen LogP contribution < -0.4 is 4.74 Å². The Kier molecular flexibility index (Phi) is 5.15. The van der Waals surface area contributed by atoms with E-state index in [1.54, 1.807) is 42.9 Å². The fourth-order valence-corrected chi connectivity index (χ4v) is 4.46. The van der Waals surface area contributed by atoms with Crippen LogP contribution in [-0.4, -0.2) is 25.5 Å². The van der Waals surface area contributed by atoms with Gasteiger partial charge in [-0.1, -0.05) is 22.0 Å². The van der Waals surface area contributed by atoms with E-state index in [9.17, 15) is 8.42 Å². The lowest BCUT2D eigenvalue weighted by molar-refractivity contribution is 0.402. The van der Waals surface area contributed by atoms with Crippen LogP contribution in [0.2, 0.25) is 0 Å². The van der Waals surface area contributed by atoms with E-state index in [1.807, 2.05) is 18.2 Å². The molecule has 3 rings (SSSR count). The molecule has 3 aromatic rings. The quantitative estimate of drug-likeness (QED) is 0.628. The van der Waals surface area contributed by atoms with E-state index in [-0.39, 0.29) is 10.6 Å².